The Hall–Kier alpha value is -2.09. The average molecular weight is 448 g/mol. The van der Waals surface area contributed by atoms with Crippen LogP contribution in [0.5, 0.6) is 0 Å². The quantitative estimate of drug-likeness (QED) is 0.727. The average Bonchev–Trinajstić information content (AvgIpc) is 3.10. The number of carbonyl (C=O) groups is 2. The van der Waals surface area contributed by atoms with Gasteiger partial charge in [-0.3, -0.25) is 15.0 Å². The minimum Gasteiger partial charge on any atom is -0.325 e. The molecule has 3 aliphatic rings. The molecule has 28 heavy (non-hydrogen) atoms. The van der Waals surface area contributed by atoms with Crippen molar-refractivity contribution in [2.45, 2.75) is 63.7 Å². The zero-order valence-corrected chi connectivity index (χ0v) is 17.6. The van der Waals surface area contributed by atoms with E-state index >= 15 is 0 Å². The van der Waals surface area contributed by atoms with Crippen molar-refractivity contribution in [3.8, 4) is 0 Å². The lowest BCUT2D eigenvalue weighted by atomic mass is 9.85. The molecule has 0 bridgehead atoms. The first-order valence-corrected chi connectivity index (χ1v) is 10.8. The summed E-state index contributed by atoms with van der Waals surface area (Å²) >= 11 is 3.41. The molecule has 2 amide bonds. The second-order valence-corrected chi connectivity index (χ2v) is 8.58. The van der Waals surface area contributed by atoms with Gasteiger partial charge < -0.3 is 15.1 Å². The SMILES string of the molecule is CCCC1=NNC2C(=O)N(CC(=O)Nc3cccc(Br)c3)C3CCCCC3N12. The van der Waals surface area contributed by atoms with Crippen LogP contribution < -0.4 is 10.7 Å². The molecule has 0 radical (unpaired) electrons. The maximum absolute atomic E-state index is 13.2. The first-order valence-electron chi connectivity index (χ1n) is 10.0. The minimum absolute atomic E-state index is 0.0533. The van der Waals surface area contributed by atoms with Gasteiger partial charge in [-0.15, -0.1) is 0 Å². The van der Waals surface area contributed by atoms with Crippen molar-refractivity contribution in [1.82, 2.24) is 15.2 Å². The van der Waals surface area contributed by atoms with Crippen LogP contribution in [0, 0.1) is 0 Å². The van der Waals surface area contributed by atoms with Crippen LogP contribution in [0.2, 0.25) is 0 Å². The Morgan fingerprint density at radius 1 is 1.32 bits per heavy atom. The van der Waals surface area contributed by atoms with E-state index in [-0.39, 0.29) is 30.4 Å². The molecule has 2 heterocycles. The molecule has 4 rings (SSSR count). The normalized spacial score (nSPS) is 26.3. The highest BCUT2D eigenvalue weighted by molar-refractivity contribution is 9.10. The summed E-state index contributed by atoms with van der Waals surface area (Å²) in [5, 5.41) is 7.35. The van der Waals surface area contributed by atoms with Gasteiger partial charge in [0.05, 0.1) is 12.1 Å². The summed E-state index contributed by atoms with van der Waals surface area (Å²) in [6.07, 6.45) is 5.59. The van der Waals surface area contributed by atoms with Crippen molar-refractivity contribution in [2.24, 2.45) is 5.10 Å². The van der Waals surface area contributed by atoms with Crippen LogP contribution in [0.4, 0.5) is 5.69 Å². The number of rotatable bonds is 5. The number of halogens is 1. The molecule has 3 unspecified atom stereocenters. The van der Waals surface area contributed by atoms with Crippen LogP contribution in [0.15, 0.2) is 33.8 Å². The molecule has 150 valence electrons. The monoisotopic (exact) mass is 447 g/mol. The molecule has 3 atom stereocenters. The number of hydrogen-bond acceptors (Lipinski definition) is 5. The zero-order valence-electron chi connectivity index (χ0n) is 16.0. The Labute approximate surface area is 173 Å². The first-order chi connectivity index (χ1) is 13.6. The highest BCUT2D eigenvalue weighted by Gasteiger charge is 2.50. The summed E-state index contributed by atoms with van der Waals surface area (Å²) in [4.78, 5) is 29.9. The Balaban J connectivity index is 1.51. The number of anilines is 1. The van der Waals surface area contributed by atoms with E-state index in [9.17, 15) is 9.59 Å². The number of fused-ring (bicyclic) bond motifs is 3. The fourth-order valence-electron chi connectivity index (χ4n) is 4.59. The molecule has 2 fully saturated rings. The largest absolute Gasteiger partial charge is 0.325 e. The molecule has 7 nitrogen and oxygen atoms in total. The van der Waals surface area contributed by atoms with Gasteiger partial charge in [-0.1, -0.05) is 41.8 Å². The van der Waals surface area contributed by atoms with Crippen molar-refractivity contribution in [3.05, 3.63) is 28.7 Å². The van der Waals surface area contributed by atoms with Crippen LogP contribution in [0.25, 0.3) is 0 Å². The van der Waals surface area contributed by atoms with Crippen LogP contribution in [0.1, 0.15) is 45.4 Å². The summed E-state index contributed by atoms with van der Waals surface area (Å²) in [5.74, 6) is 0.760. The van der Waals surface area contributed by atoms with Crippen LogP contribution in [-0.2, 0) is 9.59 Å². The van der Waals surface area contributed by atoms with Crippen LogP contribution >= 0.6 is 15.9 Å². The standard InChI is InChI=1S/C20H26BrN5O2/c1-2-6-17-23-24-19-20(28)25(15-9-3-4-10-16(15)26(17)19)12-18(27)22-14-8-5-7-13(21)11-14/h5,7-8,11,15-16,19,24H,2-4,6,9-10,12H2,1H3,(H,22,27). The molecule has 1 saturated heterocycles. The second-order valence-electron chi connectivity index (χ2n) is 7.66. The predicted octanol–water partition coefficient (Wildman–Crippen LogP) is 2.89. The van der Waals surface area contributed by atoms with Gasteiger partial charge in [-0.25, -0.2) is 0 Å². The summed E-state index contributed by atoms with van der Waals surface area (Å²) < 4.78 is 0.901. The fourth-order valence-corrected chi connectivity index (χ4v) is 4.99. The van der Waals surface area contributed by atoms with Gasteiger partial charge in [-0.05, 0) is 37.5 Å². The van der Waals surface area contributed by atoms with E-state index in [1.165, 1.54) is 0 Å². The Bertz CT molecular complexity index is 799. The smallest absolute Gasteiger partial charge is 0.268 e. The van der Waals surface area contributed by atoms with Crippen LogP contribution in [0.3, 0.4) is 0 Å². The summed E-state index contributed by atoms with van der Waals surface area (Å²) in [6, 6.07) is 7.77. The van der Waals surface area contributed by atoms with E-state index < -0.39 is 6.17 Å². The number of nitrogens with zero attached hydrogens (tertiary/aromatic N) is 3. The molecule has 2 aliphatic heterocycles. The lowest BCUT2D eigenvalue weighted by molar-refractivity contribution is -0.151. The van der Waals surface area contributed by atoms with Gasteiger partial charge in [0, 0.05) is 16.6 Å². The third kappa shape index (κ3) is 3.62. The lowest BCUT2D eigenvalue weighted by Crippen LogP contribution is -2.69. The number of nitrogens with one attached hydrogen (secondary N) is 2. The first kappa shape index (κ1) is 19.2. The fraction of sp³-hybridized carbons (Fsp3) is 0.550. The third-order valence-corrected chi connectivity index (χ3v) is 6.25. The van der Waals surface area contributed by atoms with Gasteiger partial charge >= 0.3 is 0 Å². The van der Waals surface area contributed by atoms with E-state index in [0.717, 1.165) is 54.5 Å². The predicted molar refractivity (Wildman–Crippen MR) is 112 cm³/mol. The molecule has 2 N–H and O–H groups in total. The van der Waals surface area contributed by atoms with Crippen molar-refractivity contribution in [2.75, 3.05) is 11.9 Å². The van der Waals surface area contributed by atoms with Crippen LogP contribution in [-0.4, -0.2) is 52.2 Å². The van der Waals surface area contributed by atoms with E-state index in [1.807, 2.05) is 24.3 Å². The third-order valence-electron chi connectivity index (χ3n) is 5.76. The number of hydrogen-bond donors (Lipinski definition) is 2. The van der Waals surface area contributed by atoms with Gasteiger partial charge in [0.25, 0.3) is 5.91 Å². The molecular formula is C20H26BrN5O2. The van der Waals surface area contributed by atoms with Gasteiger partial charge in [0.15, 0.2) is 6.17 Å². The van der Waals surface area contributed by atoms with Gasteiger partial charge in [0.1, 0.15) is 12.4 Å². The second kappa shape index (κ2) is 8.11. The number of piperazine rings is 1. The molecular weight excluding hydrogens is 422 g/mol. The van der Waals surface area contributed by atoms with E-state index in [0.29, 0.717) is 0 Å². The van der Waals surface area contributed by atoms with Crippen molar-refractivity contribution < 1.29 is 9.59 Å². The molecule has 1 saturated carbocycles. The zero-order chi connectivity index (χ0) is 19.7. The summed E-state index contributed by atoms with van der Waals surface area (Å²) in [6.45, 7) is 2.19. The molecule has 1 aromatic rings. The number of amides is 2. The summed E-state index contributed by atoms with van der Waals surface area (Å²) in [7, 11) is 0. The molecule has 1 aromatic carbocycles. The van der Waals surface area contributed by atoms with E-state index in [2.05, 4.69) is 43.6 Å². The van der Waals surface area contributed by atoms with Crippen molar-refractivity contribution in [3.63, 3.8) is 0 Å². The number of benzene rings is 1. The van der Waals surface area contributed by atoms with E-state index in [4.69, 9.17) is 0 Å². The highest BCUT2D eigenvalue weighted by Crippen LogP contribution is 2.35. The molecule has 1 aliphatic carbocycles. The van der Waals surface area contributed by atoms with E-state index in [1.54, 1.807) is 4.90 Å². The van der Waals surface area contributed by atoms with Crippen molar-refractivity contribution in [1.29, 1.82) is 0 Å². The number of hydrazone groups is 1. The number of carbonyl (C=O) groups excluding carboxylic acids is 2. The Morgan fingerprint density at radius 2 is 2.11 bits per heavy atom. The van der Waals surface area contributed by atoms with Gasteiger partial charge in [0.2, 0.25) is 5.91 Å². The van der Waals surface area contributed by atoms with Gasteiger partial charge in [-0.2, -0.15) is 5.10 Å². The molecule has 8 heteroatoms. The molecule has 0 spiro atoms. The minimum atomic E-state index is -0.473. The number of amidine groups is 1. The Morgan fingerprint density at radius 3 is 2.86 bits per heavy atom. The maximum Gasteiger partial charge on any atom is 0.268 e. The summed E-state index contributed by atoms with van der Waals surface area (Å²) in [5.41, 5.74) is 3.74. The highest BCUT2D eigenvalue weighted by atomic mass is 79.9. The molecule has 0 aromatic heterocycles. The maximum atomic E-state index is 13.2. The van der Waals surface area contributed by atoms with Crippen molar-refractivity contribution >= 4 is 39.3 Å². The lowest BCUT2D eigenvalue weighted by Gasteiger charge is -2.51. The Kier molecular flexibility index (Phi) is 5.57. The topological polar surface area (TPSA) is 77.0 Å².